The first-order valence-corrected chi connectivity index (χ1v) is 1.95. The Morgan fingerprint density at radius 1 is 1.50 bits per heavy atom. The van der Waals surface area contributed by atoms with E-state index in [0.717, 1.165) is 0 Å². The Balaban J connectivity index is -0.0000000150. The van der Waals surface area contributed by atoms with E-state index in [-0.39, 0.29) is 53.0 Å². The second kappa shape index (κ2) is 9.58. The summed E-state index contributed by atoms with van der Waals surface area (Å²) in [6, 6.07) is 0. The van der Waals surface area contributed by atoms with E-state index in [4.69, 9.17) is 14.1 Å². The molecule has 0 saturated heterocycles. The molecule has 0 spiro atoms. The third-order valence-corrected chi connectivity index (χ3v) is 0. The molecule has 0 aromatic heterocycles. The summed E-state index contributed by atoms with van der Waals surface area (Å²) in [7, 11) is -3.13. The van der Waals surface area contributed by atoms with Crippen LogP contribution in [0.4, 0.5) is 0 Å². The van der Waals surface area contributed by atoms with Gasteiger partial charge in [0.15, 0.2) is 0 Å². The summed E-state index contributed by atoms with van der Waals surface area (Å²) in [5.41, 5.74) is 0. The van der Waals surface area contributed by atoms with Gasteiger partial charge >= 0.3 is 28.0 Å². The number of rotatable bonds is 0. The van der Waals surface area contributed by atoms with Crippen molar-refractivity contribution in [2.45, 2.75) is 0 Å². The first-order chi connectivity index (χ1) is 1.73. The van der Waals surface area contributed by atoms with Crippen LogP contribution in [0.15, 0.2) is 0 Å². The van der Waals surface area contributed by atoms with Gasteiger partial charge in [-0.2, -0.15) is 0 Å². The van der Waals surface area contributed by atoms with Gasteiger partial charge in [-0.15, -0.1) is 0 Å². The molecule has 6 heavy (non-hydrogen) atoms. The van der Waals surface area contributed by atoms with Crippen LogP contribution >= 0.6 is 0 Å². The second-order valence-electron chi connectivity index (χ2n) is 0.283. The smallest absolute Gasteiger partial charge is 1.00 e. The van der Waals surface area contributed by atoms with Crippen LogP contribution in [0.2, 0.25) is 0 Å². The van der Waals surface area contributed by atoms with E-state index in [1.54, 1.807) is 0 Å². The standard InChI is InChI=1S/Li.H2O3Si.Y.H/c;1-4(2)3;;/h;1-2H;;/q+1;;;-1. The first kappa shape index (κ1) is 15.7. The zero-order valence-electron chi connectivity index (χ0n) is 4.38. The minimum absolute atomic E-state index is 0. The molecule has 6 heteroatoms. The summed E-state index contributed by atoms with van der Waals surface area (Å²) in [4.78, 5) is 14.3. The van der Waals surface area contributed by atoms with E-state index >= 15 is 0 Å². The van der Waals surface area contributed by atoms with Crippen molar-refractivity contribution < 1.29 is 67.0 Å². The van der Waals surface area contributed by atoms with Gasteiger partial charge in [-0.1, -0.05) is 0 Å². The molecule has 0 bridgehead atoms. The van der Waals surface area contributed by atoms with Crippen LogP contribution in [0, 0.1) is 0 Å². The van der Waals surface area contributed by atoms with E-state index in [0.29, 0.717) is 0 Å². The van der Waals surface area contributed by atoms with Crippen molar-refractivity contribution in [3.63, 3.8) is 0 Å². The van der Waals surface area contributed by atoms with Gasteiger partial charge in [0.25, 0.3) is 0 Å². The largest absolute Gasteiger partial charge is 1.00 e. The van der Waals surface area contributed by atoms with E-state index in [2.05, 4.69) is 0 Å². The van der Waals surface area contributed by atoms with Gasteiger partial charge in [0.1, 0.15) is 0 Å². The molecule has 0 rings (SSSR count). The summed E-state index contributed by atoms with van der Waals surface area (Å²) in [5, 5.41) is 0. The molecule has 3 nitrogen and oxygen atoms in total. The summed E-state index contributed by atoms with van der Waals surface area (Å²) < 4.78 is 8.74. The van der Waals surface area contributed by atoms with Gasteiger partial charge in [-0.05, 0) is 0 Å². The SMILES string of the molecule is O=[Si](O)O.[H-].[Li+].[Y]. The molecular weight excluding hydrogens is 172 g/mol. The molecule has 29 valence electrons. The molecule has 0 amide bonds. The molecule has 0 unspecified atom stereocenters. The fourth-order valence-electron chi connectivity index (χ4n) is 0. The molecule has 1 radical (unpaired) electrons. The maximum Gasteiger partial charge on any atom is 1.00 e. The minimum atomic E-state index is -3.13. The predicted octanol–water partition coefficient (Wildman–Crippen LogP) is -4.50. The molecule has 0 aliphatic carbocycles. The molecule has 0 aromatic carbocycles. The second-order valence-corrected chi connectivity index (χ2v) is 0.848. The van der Waals surface area contributed by atoms with Crippen LogP contribution in [0.1, 0.15) is 1.43 Å². The zero-order chi connectivity index (χ0) is 3.58. The maximum atomic E-state index is 8.74. The van der Waals surface area contributed by atoms with Crippen molar-refractivity contribution >= 4 is 9.17 Å². The number of hydrogen-bond acceptors (Lipinski definition) is 1. The Hall–Kier alpha value is 1.32. The molecule has 0 fully saturated rings. The van der Waals surface area contributed by atoms with Crippen LogP contribution < -0.4 is 18.9 Å². The van der Waals surface area contributed by atoms with Gasteiger partial charge in [0.2, 0.25) is 0 Å². The summed E-state index contributed by atoms with van der Waals surface area (Å²) in [6.07, 6.45) is 0. The van der Waals surface area contributed by atoms with E-state index in [1.165, 1.54) is 0 Å². The Bertz CT molecular complexity index is 37.9. The summed E-state index contributed by atoms with van der Waals surface area (Å²) >= 11 is 0. The normalized spacial score (nSPS) is 4.00. The molecule has 2 N–H and O–H groups in total. The predicted molar refractivity (Wildman–Crippen MR) is 12.0 cm³/mol. The zero-order valence-corrected chi connectivity index (χ0v) is 7.22. The number of hydrogen-bond donors (Lipinski definition) is 2. The molecule has 0 saturated carbocycles. The van der Waals surface area contributed by atoms with Gasteiger partial charge in [-0.3, -0.25) is 4.46 Å². The Morgan fingerprint density at radius 3 is 1.50 bits per heavy atom. The van der Waals surface area contributed by atoms with Crippen molar-refractivity contribution in [1.82, 2.24) is 0 Å². The summed E-state index contributed by atoms with van der Waals surface area (Å²) in [5.74, 6) is 0. The topological polar surface area (TPSA) is 57.5 Å². The van der Waals surface area contributed by atoms with Crippen LogP contribution in [0.5, 0.6) is 0 Å². The average molecular weight is 175 g/mol. The Kier molecular flexibility index (Phi) is 25.0. The van der Waals surface area contributed by atoms with Crippen molar-refractivity contribution in [3.05, 3.63) is 0 Å². The van der Waals surface area contributed by atoms with E-state index in [1.807, 2.05) is 0 Å². The van der Waals surface area contributed by atoms with E-state index < -0.39 is 9.17 Å². The van der Waals surface area contributed by atoms with Crippen molar-refractivity contribution in [3.8, 4) is 0 Å². The van der Waals surface area contributed by atoms with Crippen LogP contribution in [0.3, 0.4) is 0 Å². The van der Waals surface area contributed by atoms with Gasteiger partial charge < -0.3 is 11.0 Å². The van der Waals surface area contributed by atoms with Gasteiger partial charge in [0, 0.05) is 32.7 Å². The molecule has 0 aliphatic heterocycles. The average Bonchev–Trinajstić information content (AvgIpc) is 0.811. The molecule has 0 aliphatic rings. The summed E-state index contributed by atoms with van der Waals surface area (Å²) in [6.45, 7) is 0. The van der Waals surface area contributed by atoms with Crippen molar-refractivity contribution in [1.29, 1.82) is 0 Å². The monoisotopic (exact) mass is 175 g/mol. The Morgan fingerprint density at radius 2 is 1.50 bits per heavy atom. The molecule has 0 aromatic rings. The van der Waals surface area contributed by atoms with Crippen LogP contribution in [-0.2, 0) is 37.2 Å². The van der Waals surface area contributed by atoms with E-state index in [9.17, 15) is 0 Å². The van der Waals surface area contributed by atoms with Gasteiger partial charge in [0.05, 0.1) is 0 Å². The van der Waals surface area contributed by atoms with Crippen LogP contribution in [-0.4, -0.2) is 18.8 Å². The van der Waals surface area contributed by atoms with Crippen LogP contribution in [0.25, 0.3) is 0 Å². The van der Waals surface area contributed by atoms with Crippen molar-refractivity contribution in [2.75, 3.05) is 0 Å². The third kappa shape index (κ3) is 57.1. The molecular formula is H3LiO3SiY. The molecule has 0 atom stereocenters. The maximum absolute atomic E-state index is 8.74. The quantitative estimate of drug-likeness (QED) is 0.365. The fourth-order valence-corrected chi connectivity index (χ4v) is 0. The van der Waals surface area contributed by atoms with Crippen molar-refractivity contribution in [2.24, 2.45) is 0 Å². The fraction of sp³-hybridized carbons (Fsp3) is 0. The molecule has 0 heterocycles. The van der Waals surface area contributed by atoms with Gasteiger partial charge in [-0.25, -0.2) is 0 Å². The Labute approximate surface area is 75.6 Å². The third-order valence-electron chi connectivity index (χ3n) is 0. The minimum Gasteiger partial charge on any atom is -1.00 e. The first-order valence-electron chi connectivity index (χ1n) is 0.651.